The summed E-state index contributed by atoms with van der Waals surface area (Å²) in [4.78, 5) is 29.0. The zero-order valence-corrected chi connectivity index (χ0v) is 12.7. The standard InChI is InChI=1S/C15H19ClN2O3/c1-10(7-14(19)20)12-3-2-6-18(9-12)15(21)11-4-5-17-13(16)8-11/h4-5,8,10,12H,2-3,6-7,9H2,1H3,(H,19,20). The second-order valence-corrected chi connectivity index (χ2v) is 5.98. The fourth-order valence-electron chi connectivity index (χ4n) is 2.82. The van der Waals surface area contributed by atoms with E-state index in [-0.39, 0.29) is 24.2 Å². The molecule has 1 aliphatic heterocycles. The summed E-state index contributed by atoms with van der Waals surface area (Å²) in [5.41, 5.74) is 0.529. The van der Waals surface area contributed by atoms with Crippen LogP contribution in [0.4, 0.5) is 0 Å². The van der Waals surface area contributed by atoms with Crippen molar-refractivity contribution in [1.82, 2.24) is 9.88 Å². The van der Waals surface area contributed by atoms with Gasteiger partial charge in [0.1, 0.15) is 5.15 Å². The van der Waals surface area contributed by atoms with E-state index in [9.17, 15) is 9.59 Å². The summed E-state index contributed by atoms with van der Waals surface area (Å²) in [5, 5.41) is 9.20. The molecule has 1 N–H and O–H groups in total. The molecule has 2 heterocycles. The molecule has 0 spiro atoms. The Bertz CT molecular complexity index is 535. The lowest BCUT2D eigenvalue weighted by Crippen LogP contribution is -2.42. The molecule has 1 fully saturated rings. The van der Waals surface area contributed by atoms with Gasteiger partial charge in [-0.2, -0.15) is 0 Å². The van der Waals surface area contributed by atoms with E-state index in [1.165, 1.54) is 6.20 Å². The summed E-state index contributed by atoms with van der Waals surface area (Å²) >= 11 is 5.82. The molecule has 2 unspecified atom stereocenters. The lowest BCUT2D eigenvalue weighted by atomic mass is 9.84. The Hall–Kier alpha value is -1.62. The van der Waals surface area contributed by atoms with Crippen molar-refractivity contribution >= 4 is 23.5 Å². The van der Waals surface area contributed by atoms with Crippen LogP contribution in [0.1, 0.15) is 36.5 Å². The molecular formula is C15H19ClN2O3. The highest BCUT2D eigenvalue weighted by molar-refractivity contribution is 6.29. The zero-order valence-electron chi connectivity index (χ0n) is 12.0. The number of likely N-dealkylation sites (tertiary alicyclic amines) is 1. The molecule has 0 aliphatic carbocycles. The fraction of sp³-hybridized carbons (Fsp3) is 0.533. The van der Waals surface area contributed by atoms with Crippen molar-refractivity contribution in [3.05, 3.63) is 29.0 Å². The molecule has 1 saturated heterocycles. The van der Waals surface area contributed by atoms with Gasteiger partial charge in [0.05, 0.1) is 0 Å². The first-order chi connectivity index (χ1) is 9.97. The summed E-state index contributed by atoms with van der Waals surface area (Å²) in [6.45, 7) is 3.25. The maximum Gasteiger partial charge on any atom is 0.303 e. The monoisotopic (exact) mass is 310 g/mol. The number of hydrogen-bond acceptors (Lipinski definition) is 3. The largest absolute Gasteiger partial charge is 0.481 e. The van der Waals surface area contributed by atoms with Gasteiger partial charge in [0.15, 0.2) is 0 Å². The lowest BCUT2D eigenvalue weighted by molar-refractivity contribution is -0.138. The SMILES string of the molecule is CC(CC(=O)O)C1CCCN(C(=O)c2ccnc(Cl)c2)C1. The number of carbonyl (C=O) groups excluding carboxylic acids is 1. The maximum absolute atomic E-state index is 12.5. The Morgan fingerprint density at radius 1 is 1.57 bits per heavy atom. The van der Waals surface area contributed by atoms with Crippen molar-refractivity contribution in [3.63, 3.8) is 0 Å². The Balaban J connectivity index is 2.03. The molecule has 1 amide bonds. The highest BCUT2D eigenvalue weighted by Gasteiger charge is 2.28. The van der Waals surface area contributed by atoms with Crippen LogP contribution in [0.25, 0.3) is 0 Å². The second-order valence-electron chi connectivity index (χ2n) is 5.60. The molecule has 2 atom stereocenters. The Morgan fingerprint density at radius 2 is 2.33 bits per heavy atom. The van der Waals surface area contributed by atoms with Gasteiger partial charge in [-0.1, -0.05) is 18.5 Å². The Labute approximate surface area is 128 Å². The van der Waals surface area contributed by atoms with E-state index < -0.39 is 5.97 Å². The molecule has 21 heavy (non-hydrogen) atoms. The van der Waals surface area contributed by atoms with Gasteiger partial charge in [-0.15, -0.1) is 0 Å². The van der Waals surface area contributed by atoms with Crippen molar-refractivity contribution in [3.8, 4) is 0 Å². The van der Waals surface area contributed by atoms with Crippen molar-refractivity contribution in [2.24, 2.45) is 11.8 Å². The van der Waals surface area contributed by atoms with Gasteiger partial charge in [-0.3, -0.25) is 9.59 Å². The summed E-state index contributed by atoms with van der Waals surface area (Å²) in [6, 6.07) is 3.21. The molecule has 0 radical (unpaired) electrons. The van der Waals surface area contributed by atoms with E-state index >= 15 is 0 Å². The highest BCUT2D eigenvalue weighted by atomic mass is 35.5. The molecule has 6 heteroatoms. The van der Waals surface area contributed by atoms with Gasteiger partial charge in [0, 0.05) is 31.3 Å². The number of nitrogens with zero attached hydrogens (tertiary/aromatic N) is 2. The van der Waals surface area contributed by atoms with E-state index in [0.29, 0.717) is 23.8 Å². The summed E-state index contributed by atoms with van der Waals surface area (Å²) in [6.07, 6.45) is 3.53. The van der Waals surface area contributed by atoms with Crippen molar-refractivity contribution < 1.29 is 14.7 Å². The third-order valence-electron chi connectivity index (χ3n) is 4.02. The molecule has 1 aromatic heterocycles. The summed E-state index contributed by atoms with van der Waals surface area (Å²) in [7, 11) is 0. The van der Waals surface area contributed by atoms with Gasteiger partial charge in [0.2, 0.25) is 0 Å². The summed E-state index contributed by atoms with van der Waals surface area (Å²) < 4.78 is 0. The van der Waals surface area contributed by atoms with E-state index in [2.05, 4.69) is 4.98 Å². The van der Waals surface area contributed by atoms with E-state index in [1.807, 2.05) is 6.92 Å². The van der Waals surface area contributed by atoms with Crippen LogP contribution in [0.15, 0.2) is 18.3 Å². The van der Waals surface area contributed by atoms with Crippen LogP contribution in [0.2, 0.25) is 5.15 Å². The van der Waals surface area contributed by atoms with Gasteiger partial charge in [-0.05, 0) is 36.8 Å². The number of amides is 1. The van der Waals surface area contributed by atoms with Crippen LogP contribution in [-0.4, -0.2) is 40.0 Å². The molecule has 2 rings (SSSR count). The van der Waals surface area contributed by atoms with E-state index in [4.69, 9.17) is 16.7 Å². The first kappa shape index (κ1) is 15.8. The molecule has 5 nitrogen and oxygen atoms in total. The fourth-order valence-corrected chi connectivity index (χ4v) is 2.99. The molecule has 114 valence electrons. The van der Waals surface area contributed by atoms with Crippen LogP contribution >= 0.6 is 11.6 Å². The first-order valence-corrected chi connectivity index (χ1v) is 7.48. The predicted molar refractivity (Wildman–Crippen MR) is 79.3 cm³/mol. The minimum absolute atomic E-state index is 0.0634. The number of hydrogen-bond donors (Lipinski definition) is 1. The quantitative estimate of drug-likeness (QED) is 0.868. The van der Waals surface area contributed by atoms with Gasteiger partial charge >= 0.3 is 5.97 Å². The zero-order chi connectivity index (χ0) is 15.4. The summed E-state index contributed by atoms with van der Waals surface area (Å²) in [5.74, 6) is -0.548. The van der Waals surface area contributed by atoms with Crippen LogP contribution < -0.4 is 0 Å². The van der Waals surface area contributed by atoms with Crippen LogP contribution in [0, 0.1) is 11.8 Å². The van der Waals surface area contributed by atoms with Crippen LogP contribution in [0.5, 0.6) is 0 Å². The average Bonchev–Trinajstić information content (AvgIpc) is 2.46. The smallest absolute Gasteiger partial charge is 0.303 e. The number of carboxylic acids is 1. The normalized spacial score (nSPS) is 20.1. The van der Waals surface area contributed by atoms with Crippen molar-refractivity contribution in [1.29, 1.82) is 0 Å². The second kappa shape index (κ2) is 6.89. The number of rotatable bonds is 4. The minimum atomic E-state index is -0.785. The number of piperidine rings is 1. The lowest BCUT2D eigenvalue weighted by Gasteiger charge is -2.35. The maximum atomic E-state index is 12.5. The average molecular weight is 311 g/mol. The topological polar surface area (TPSA) is 70.5 Å². The highest BCUT2D eigenvalue weighted by Crippen LogP contribution is 2.27. The number of aromatic nitrogens is 1. The Morgan fingerprint density at radius 3 is 3.00 bits per heavy atom. The van der Waals surface area contributed by atoms with Crippen molar-refractivity contribution in [2.45, 2.75) is 26.2 Å². The van der Waals surface area contributed by atoms with Gasteiger partial charge in [-0.25, -0.2) is 4.98 Å². The van der Waals surface area contributed by atoms with Crippen molar-refractivity contribution in [2.75, 3.05) is 13.1 Å². The number of pyridine rings is 1. The molecule has 0 aromatic carbocycles. The van der Waals surface area contributed by atoms with Gasteiger partial charge < -0.3 is 10.0 Å². The number of halogens is 1. The molecule has 0 saturated carbocycles. The third kappa shape index (κ3) is 4.17. The van der Waals surface area contributed by atoms with Crippen LogP contribution in [-0.2, 0) is 4.79 Å². The van der Waals surface area contributed by atoms with Crippen LogP contribution in [0.3, 0.4) is 0 Å². The first-order valence-electron chi connectivity index (χ1n) is 7.10. The molecule has 1 aromatic rings. The minimum Gasteiger partial charge on any atom is -0.481 e. The molecular weight excluding hydrogens is 292 g/mol. The number of carboxylic acid groups (broad SMARTS) is 1. The third-order valence-corrected chi connectivity index (χ3v) is 4.23. The predicted octanol–water partition coefficient (Wildman–Crippen LogP) is 2.70. The molecule has 0 bridgehead atoms. The van der Waals surface area contributed by atoms with E-state index in [1.54, 1.807) is 17.0 Å². The Kier molecular flexibility index (Phi) is 5.17. The number of aliphatic carboxylic acids is 1. The number of carbonyl (C=O) groups is 2. The van der Waals surface area contributed by atoms with Gasteiger partial charge in [0.25, 0.3) is 5.91 Å². The molecule has 1 aliphatic rings. The van der Waals surface area contributed by atoms with E-state index in [0.717, 1.165) is 12.8 Å².